The standard InChI is InChI=1S/C26H31Br2NO2/c1-17(11-12-21-19(3)10-7-13-26(21,4)5)8-6-9-18(2)14-24(30)29-20-15-22(27)25(31)23(28)16-20/h6,8-9,11-12,14-16,31H,7,10,13H2,1-5H3,(H,29,30)/b9-6+,12-11+,17-8+,18-14+. The van der Waals surface area contributed by atoms with Gasteiger partial charge in [-0.25, -0.2) is 0 Å². The Bertz CT molecular complexity index is 972. The monoisotopic (exact) mass is 547 g/mol. The Hall–Kier alpha value is -1.85. The van der Waals surface area contributed by atoms with Crippen LogP contribution in [0, 0.1) is 5.41 Å². The summed E-state index contributed by atoms with van der Waals surface area (Å²) < 4.78 is 1.02. The van der Waals surface area contributed by atoms with E-state index in [0.29, 0.717) is 14.6 Å². The number of halogens is 2. The number of phenolic OH excluding ortho intramolecular Hbond substituents is 1. The normalized spacial score (nSPS) is 17.6. The molecule has 0 radical (unpaired) electrons. The van der Waals surface area contributed by atoms with Crippen LogP contribution in [0.1, 0.15) is 53.9 Å². The highest BCUT2D eigenvalue weighted by molar-refractivity contribution is 9.11. The first-order valence-corrected chi connectivity index (χ1v) is 12.0. The minimum atomic E-state index is -0.228. The summed E-state index contributed by atoms with van der Waals surface area (Å²) in [5.74, 6) is -0.128. The van der Waals surface area contributed by atoms with E-state index in [-0.39, 0.29) is 17.1 Å². The summed E-state index contributed by atoms with van der Waals surface area (Å²) in [4.78, 5) is 12.3. The first-order chi connectivity index (χ1) is 14.5. The number of nitrogens with one attached hydrogen (secondary N) is 1. The van der Waals surface area contributed by atoms with Gasteiger partial charge in [0.2, 0.25) is 5.91 Å². The van der Waals surface area contributed by atoms with Crippen molar-refractivity contribution < 1.29 is 9.90 Å². The number of amides is 1. The van der Waals surface area contributed by atoms with E-state index in [1.807, 2.05) is 25.2 Å². The third-order valence-corrected chi connectivity index (χ3v) is 6.63. The van der Waals surface area contributed by atoms with Crippen LogP contribution in [-0.4, -0.2) is 11.0 Å². The summed E-state index contributed by atoms with van der Waals surface area (Å²) in [7, 11) is 0. The number of rotatable bonds is 6. The molecule has 0 saturated carbocycles. The number of carbonyl (C=O) groups is 1. The van der Waals surface area contributed by atoms with Crippen molar-refractivity contribution in [1.82, 2.24) is 0 Å². The van der Waals surface area contributed by atoms with Gasteiger partial charge in [0.25, 0.3) is 0 Å². The highest BCUT2D eigenvalue weighted by Gasteiger charge is 2.26. The lowest BCUT2D eigenvalue weighted by atomic mass is 9.72. The summed E-state index contributed by atoms with van der Waals surface area (Å²) in [5.41, 5.74) is 5.78. The third kappa shape index (κ3) is 7.65. The predicted molar refractivity (Wildman–Crippen MR) is 138 cm³/mol. The topological polar surface area (TPSA) is 49.3 Å². The quantitative estimate of drug-likeness (QED) is 0.213. The van der Waals surface area contributed by atoms with Crippen LogP contribution in [0.4, 0.5) is 5.69 Å². The van der Waals surface area contributed by atoms with Crippen LogP contribution in [0.15, 0.2) is 79.8 Å². The van der Waals surface area contributed by atoms with E-state index in [9.17, 15) is 9.90 Å². The number of hydrogen-bond donors (Lipinski definition) is 2. The maximum absolute atomic E-state index is 12.3. The highest BCUT2D eigenvalue weighted by atomic mass is 79.9. The largest absolute Gasteiger partial charge is 0.506 e. The van der Waals surface area contributed by atoms with Gasteiger partial charge in [-0.3, -0.25) is 4.79 Å². The van der Waals surface area contributed by atoms with Crippen molar-refractivity contribution in [2.45, 2.75) is 53.9 Å². The van der Waals surface area contributed by atoms with E-state index < -0.39 is 0 Å². The molecule has 0 atom stereocenters. The summed E-state index contributed by atoms with van der Waals surface area (Å²) in [6.07, 6.45) is 15.6. The molecule has 3 nitrogen and oxygen atoms in total. The molecule has 0 unspecified atom stereocenters. The van der Waals surface area contributed by atoms with Crippen molar-refractivity contribution in [1.29, 1.82) is 0 Å². The van der Waals surface area contributed by atoms with E-state index >= 15 is 0 Å². The van der Waals surface area contributed by atoms with Gasteiger partial charge in [0.15, 0.2) is 0 Å². The molecule has 166 valence electrons. The Morgan fingerprint density at radius 3 is 2.39 bits per heavy atom. The Morgan fingerprint density at radius 1 is 1.13 bits per heavy atom. The summed E-state index contributed by atoms with van der Waals surface area (Å²) >= 11 is 6.52. The minimum Gasteiger partial charge on any atom is -0.506 e. The first-order valence-electron chi connectivity index (χ1n) is 10.4. The van der Waals surface area contributed by atoms with Crippen molar-refractivity contribution in [2.75, 3.05) is 5.32 Å². The fourth-order valence-corrected chi connectivity index (χ4v) is 4.89. The fraction of sp³-hybridized carbons (Fsp3) is 0.346. The zero-order chi connectivity index (χ0) is 23.2. The Kier molecular flexibility index (Phi) is 9.14. The summed E-state index contributed by atoms with van der Waals surface area (Å²) in [6.45, 7) is 10.9. The van der Waals surface area contributed by atoms with Crippen molar-refractivity contribution in [3.63, 3.8) is 0 Å². The predicted octanol–water partition coefficient (Wildman–Crippen LogP) is 8.39. The molecular formula is C26H31Br2NO2. The number of aromatic hydroxyl groups is 1. The summed E-state index contributed by atoms with van der Waals surface area (Å²) in [6, 6.07) is 3.31. The van der Waals surface area contributed by atoms with E-state index in [4.69, 9.17) is 0 Å². The van der Waals surface area contributed by atoms with Crippen LogP contribution < -0.4 is 5.32 Å². The molecule has 0 spiro atoms. The van der Waals surface area contributed by atoms with Gasteiger partial charge < -0.3 is 10.4 Å². The van der Waals surface area contributed by atoms with E-state index in [1.54, 1.807) is 18.2 Å². The zero-order valence-electron chi connectivity index (χ0n) is 18.9. The molecule has 1 aliphatic rings. The Morgan fingerprint density at radius 2 is 1.77 bits per heavy atom. The Labute approximate surface area is 203 Å². The highest BCUT2D eigenvalue weighted by Crippen LogP contribution is 2.40. The Balaban J connectivity index is 2.00. The molecule has 0 aliphatic heterocycles. The minimum absolute atomic E-state index is 0.0994. The van der Waals surface area contributed by atoms with Crippen LogP contribution in [0.2, 0.25) is 0 Å². The van der Waals surface area contributed by atoms with Gasteiger partial charge in [0.1, 0.15) is 5.75 Å². The molecule has 1 aromatic carbocycles. The van der Waals surface area contributed by atoms with Gasteiger partial charge in [0, 0.05) is 11.8 Å². The molecule has 0 heterocycles. The SMILES string of the molecule is CC1=C(/C=C/C(C)=C/C=C/C(C)=C/C(=O)Nc2cc(Br)c(O)c(Br)c2)C(C)(C)CCC1. The number of phenols is 1. The number of allylic oxidation sites excluding steroid dienone is 9. The zero-order valence-corrected chi connectivity index (χ0v) is 22.0. The summed E-state index contributed by atoms with van der Waals surface area (Å²) in [5, 5.41) is 12.6. The molecule has 1 amide bonds. The maximum Gasteiger partial charge on any atom is 0.248 e. The maximum atomic E-state index is 12.3. The van der Waals surface area contributed by atoms with E-state index in [1.165, 1.54) is 30.4 Å². The van der Waals surface area contributed by atoms with E-state index in [0.717, 1.165) is 11.1 Å². The molecular weight excluding hydrogens is 518 g/mol. The lowest BCUT2D eigenvalue weighted by Crippen LogP contribution is -2.19. The smallest absolute Gasteiger partial charge is 0.248 e. The molecule has 0 bridgehead atoms. The van der Waals surface area contributed by atoms with Gasteiger partial charge in [-0.1, -0.05) is 55.4 Å². The molecule has 0 fully saturated rings. The van der Waals surface area contributed by atoms with Gasteiger partial charge in [-0.2, -0.15) is 0 Å². The average molecular weight is 549 g/mol. The first kappa shape index (κ1) is 25.4. The molecule has 0 aromatic heterocycles. The third-order valence-electron chi connectivity index (χ3n) is 5.42. The van der Waals surface area contributed by atoms with Gasteiger partial charge >= 0.3 is 0 Å². The van der Waals surface area contributed by atoms with Crippen molar-refractivity contribution >= 4 is 43.5 Å². The molecule has 0 saturated heterocycles. The second-order valence-corrected chi connectivity index (χ2v) is 10.4. The molecule has 2 N–H and O–H groups in total. The number of carbonyl (C=O) groups excluding carboxylic acids is 1. The number of benzene rings is 1. The number of hydrogen-bond acceptors (Lipinski definition) is 2. The van der Waals surface area contributed by atoms with Crippen molar-refractivity contribution in [3.05, 3.63) is 79.8 Å². The van der Waals surface area contributed by atoms with Crippen LogP contribution in [0.5, 0.6) is 5.75 Å². The van der Waals surface area contributed by atoms with Crippen LogP contribution in [-0.2, 0) is 4.79 Å². The molecule has 2 rings (SSSR count). The van der Waals surface area contributed by atoms with Crippen LogP contribution in [0.25, 0.3) is 0 Å². The second-order valence-electron chi connectivity index (χ2n) is 8.70. The van der Waals surface area contributed by atoms with E-state index in [2.05, 4.69) is 77.0 Å². The van der Waals surface area contributed by atoms with Crippen LogP contribution >= 0.6 is 31.9 Å². The second kappa shape index (κ2) is 11.1. The lowest BCUT2D eigenvalue weighted by molar-refractivity contribution is -0.111. The van der Waals surface area contributed by atoms with Gasteiger partial charge in [-0.05, 0) is 101 Å². The van der Waals surface area contributed by atoms with Gasteiger partial charge in [0.05, 0.1) is 8.95 Å². The molecule has 5 heteroatoms. The fourth-order valence-electron chi connectivity index (χ4n) is 3.70. The lowest BCUT2D eigenvalue weighted by Gasteiger charge is -2.32. The van der Waals surface area contributed by atoms with Crippen molar-refractivity contribution in [3.8, 4) is 5.75 Å². The average Bonchev–Trinajstić information content (AvgIpc) is 2.65. The van der Waals surface area contributed by atoms with Crippen molar-refractivity contribution in [2.24, 2.45) is 5.41 Å². The van der Waals surface area contributed by atoms with Crippen LogP contribution in [0.3, 0.4) is 0 Å². The van der Waals surface area contributed by atoms with Gasteiger partial charge in [-0.15, -0.1) is 0 Å². The molecule has 1 aliphatic carbocycles. The molecule has 1 aromatic rings. The molecule has 31 heavy (non-hydrogen) atoms. The number of anilines is 1.